The Morgan fingerprint density at radius 3 is 2.27 bits per heavy atom. The van der Waals surface area contributed by atoms with Gasteiger partial charge < -0.3 is 9.55 Å². The SMILES string of the molecule is C=C(C)c1ccc2s[c-]c(-c3nc4ccccc4n3-c3ccc(-c4ccccc4)cc3)c2c1.[2H]C([2H])([2H])c1c[c-]c(-c2ccc(C([2H])([2H])[2H])cn2)cc1.[Ir]. The zero-order valence-electron chi connectivity index (χ0n) is 32.0. The van der Waals surface area contributed by atoms with E-state index in [0.29, 0.717) is 11.3 Å². The molecular formula is C43H33IrN3S-2. The van der Waals surface area contributed by atoms with Crippen molar-refractivity contribution in [1.82, 2.24) is 14.5 Å². The number of nitrogens with zero attached hydrogens (tertiary/aromatic N) is 3. The van der Waals surface area contributed by atoms with Crippen LogP contribution in [0.25, 0.3) is 66.2 Å². The van der Waals surface area contributed by atoms with Crippen molar-refractivity contribution in [3.63, 3.8) is 0 Å². The number of para-hydroxylation sites is 2. The van der Waals surface area contributed by atoms with E-state index in [1.807, 2.05) is 19.1 Å². The van der Waals surface area contributed by atoms with E-state index in [1.165, 1.54) is 40.2 Å². The number of pyridine rings is 1. The van der Waals surface area contributed by atoms with E-state index in [0.717, 1.165) is 44.6 Å². The van der Waals surface area contributed by atoms with Gasteiger partial charge in [-0.2, -0.15) is 0 Å². The fraction of sp³-hybridized carbons (Fsp3) is 0.0698. The molecule has 0 N–H and O–H groups in total. The van der Waals surface area contributed by atoms with Crippen molar-refractivity contribution in [2.24, 2.45) is 0 Å². The maximum absolute atomic E-state index is 7.28. The zero-order chi connectivity index (χ0) is 37.3. The van der Waals surface area contributed by atoms with Crippen molar-refractivity contribution in [2.75, 3.05) is 0 Å². The van der Waals surface area contributed by atoms with Crippen LogP contribution in [0.5, 0.6) is 0 Å². The van der Waals surface area contributed by atoms with Gasteiger partial charge in [-0.15, -0.1) is 40.8 Å². The van der Waals surface area contributed by atoms with Crippen LogP contribution in [-0.2, 0) is 20.1 Å². The number of aryl methyl sites for hydroxylation is 2. The normalized spacial score (nSPS) is 13.1. The predicted molar refractivity (Wildman–Crippen MR) is 199 cm³/mol. The summed E-state index contributed by atoms with van der Waals surface area (Å²) in [6.07, 6.45) is 1.30. The molecule has 8 rings (SSSR count). The molecule has 0 saturated carbocycles. The van der Waals surface area contributed by atoms with E-state index in [-0.39, 0.29) is 31.2 Å². The van der Waals surface area contributed by atoms with Gasteiger partial charge >= 0.3 is 0 Å². The molecule has 3 heterocycles. The van der Waals surface area contributed by atoms with Crippen molar-refractivity contribution < 1.29 is 28.3 Å². The second-order valence-corrected chi connectivity index (χ2v) is 12.0. The number of thiophene rings is 1. The number of imidazole rings is 1. The van der Waals surface area contributed by atoms with Gasteiger partial charge in [-0.3, -0.25) is 16.3 Å². The molecule has 0 atom stereocenters. The van der Waals surface area contributed by atoms with Crippen LogP contribution in [0.3, 0.4) is 0 Å². The molecule has 5 heteroatoms. The van der Waals surface area contributed by atoms with Crippen molar-refractivity contribution in [3.05, 3.63) is 168 Å². The van der Waals surface area contributed by atoms with Gasteiger partial charge in [0.1, 0.15) is 0 Å². The summed E-state index contributed by atoms with van der Waals surface area (Å²) in [5, 5.41) is 4.70. The van der Waals surface area contributed by atoms with Gasteiger partial charge in [-0.05, 0) is 66.0 Å². The van der Waals surface area contributed by atoms with Crippen molar-refractivity contribution >= 4 is 38.0 Å². The van der Waals surface area contributed by atoms with E-state index in [1.54, 1.807) is 23.5 Å². The molecule has 0 bridgehead atoms. The summed E-state index contributed by atoms with van der Waals surface area (Å²) in [4.78, 5) is 9.13. The summed E-state index contributed by atoms with van der Waals surface area (Å²) in [5.74, 6) is 0.911. The zero-order valence-corrected chi connectivity index (χ0v) is 29.2. The van der Waals surface area contributed by atoms with Crippen LogP contribution in [-0.4, -0.2) is 14.5 Å². The quantitative estimate of drug-likeness (QED) is 0.162. The molecule has 0 aliphatic heterocycles. The minimum Gasteiger partial charge on any atom is -0.333 e. The minimum atomic E-state index is -2.18. The number of hydrogen-bond donors (Lipinski definition) is 0. The number of rotatable bonds is 5. The topological polar surface area (TPSA) is 30.7 Å². The van der Waals surface area contributed by atoms with Gasteiger partial charge in [-0.25, -0.2) is 0 Å². The Morgan fingerprint density at radius 2 is 1.56 bits per heavy atom. The summed E-state index contributed by atoms with van der Waals surface area (Å²) < 4.78 is 47.1. The van der Waals surface area contributed by atoms with Gasteiger partial charge in [-0.1, -0.05) is 120 Å². The van der Waals surface area contributed by atoms with Crippen LogP contribution in [0.2, 0.25) is 0 Å². The first kappa shape index (κ1) is 26.1. The average molecular weight is 822 g/mol. The van der Waals surface area contributed by atoms with Crippen LogP contribution in [0.4, 0.5) is 0 Å². The monoisotopic (exact) mass is 822 g/mol. The second-order valence-electron chi connectivity index (χ2n) is 11.2. The molecule has 0 saturated heterocycles. The fourth-order valence-corrected chi connectivity index (χ4v) is 6.25. The smallest absolute Gasteiger partial charge is 0.0774 e. The molecule has 0 aliphatic carbocycles. The number of aromatic nitrogens is 3. The standard InChI is InChI=1S/C30H21N2S.C13H12N.Ir/c1-20(2)23-14-17-29-25(18-23)26(19-33-29)30-31-27-10-6-7-11-28(27)32(30)24-15-12-22(13-16-24)21-8-4-3-5-9-21;1-10-3-6-12(7-4-10)13-8-5-11(2)9-14-13;/h3-18H,1H2,2H3;3-6,8-9H,1-2H3;/q2*-1;/i;1D3,2D3;. The Hall–Kier alpha value is -4.93. The van der Waals surface area contributed by atoms with Crippen molar-refractivity contribution in [3.8, 4) is 39.5 Å². The maximum Gasteiger partial charge on any atom is 0.0774 e. The first-order chi connectivity index (χ1) is 25.4. The second kappa shape index (κ2) is 14.5. The predicted octanol–water partition coefficient (Wildman–Crippen LogP) is 11.6. The molecule has 0 unspecified atom stereocenters. The van der Waals surface area contributed by atoms with E-state index in [4.69, 9.17) is 13.2 Å². The summed E-state index contributed by atoms with van der Waals surface area (Å²) in [6, 6.07) is 44.4. The van der Waals surface area contributed by atoms with Gasteiger partial charge in [0.2, 0.25) is 0 Å². The van der Waals surface area contributed by atoms with Crippen LogP contribution >= 0.6 is 11.3 Å². The molecule has 5 aromatic carbocycles. The Bertz CT molecular complexity index is 2480. The largest absolute Gasteiger partial charge is 0.333 e. The van der Waals surface area contributed by atoms with Gasteiger partial charge in [0, 0.05) is 40.2 Å². The molecular weight excluding hydrogens is 783 g/mol. The van der Waals surface area contributed by atoms with Gasteiger partial charge in [0.25, 0.3) is 0 Å². The van der Waals surface area contributed by atoms with E-state index >= 15 is 0 Å². The number of fused-ring (bicyclic) bond motifs is 2. The summed E-state index contributed by atoms with van der Waals surface area (Å²) in [7, 11) is 0. The Balaban J connectivity index is 0.000000205. The molecule has 0 fully saturated rings. The van der Waals surface area contributed by atoms with Crippen LogP contribution in [0.15, 0.2) is 140 Å². The molecule has 0 amide bonds. The first-order valence-electron chi connectivity index (χ1n) is 18.1. The third kappa shape index (κ3) is 6.86. The molecule has 237 valence electrons. The van der Waals surface area contributed by atoms with Crippen molar-refractivity contribution in [1.29, 1.82) is 0 Å². The number of hydrogen-bond acceptors (Lipinski definition) is 3. The Morgan fingerprint density at radius 1 is 0.812 bits per heavy atom. The summed E-state index contributed by atoms with van der Waals surface area (Å²) >= 11 is 1.63. The summed E-state index contributed by atoms with van der Waals surface area (Å²) in [6.45, 7) is 1.83. The molecule has 0 aliphatic rings. The van der Waals surface area contributed by atoms with Crippen LogP contribution in [0.1, 0.15) is 31.8 Å². The Kier molecular flexibility index (Phi) is 7.85. The van der Waals surface area contributed by atoms with E-state index in [2.05, 4.69) is 113 Å². The fourth-order valence-electron chi connectivity index (χ4n) is 5.43. The third-order valence-electron chi connectivity index (χ3n) is 7.87. The molecule has 3 nitrogen and oxygen atoms in total. The molecule has 1 radical (unpaired) electrons. The van der Waals surface area contributed by atoms with E-state index in [9.17, 15) is 0 Å². The van der Waals surface area contributed by atoms with Gasteiger partial charge in [0.15, 0.2) is 0 Å². The molecule has 48 heavy (non-hydrogen) atoms. The molecule has 3 aromatic heterocycles. The van der Waals surface area contributed by atoms with Gasteiger partial charge in [0.05, 0.1) is 16.9 Å². The summed E-state index contributed by atoms with van der Waals surface area (Å²) in [5.41, 5.74) is 10.3. The number of benzene rings is 5. The third-order valence-corrected chi connectivity index (χ3v) is 8.76. The molecule has 0 spiro atoms. The van der Waals surface area contributed by atoms with Crippen molar-refractivity contribution in [2.45, 2.75) is 20.6 Å². The molecule has 8 aromatic rings. The van der Waals surface area contributed by atoms with Crippen LogP contribution in [0, 0.1) is 25.2 Å². The van der Waals surface area contributed by atoms with E-state index < -0.39 is 13.7 Å². The number of allylic oxidation sites excluding steroid dienone is 1. The minimum absolute atomic E-state index is 0. The maximum atomic E-state index is 7.28. The average Bonchev–Trinajstić information content (AvgIpc) is 3.76. The Labute approximate surface area is 308 Å². The first-order valence-corrected chi connectivity index (χ1v) is 15.9. The van der Waals surface area contributed by atoms with Crippen LogP contribution < -0.4 is 0 Å².